The van der Waals surface area contributed by atoms with E-state index in [2.05, 4.69) is 4.98 Å². The standard InChI is InChI=1S/C17H11ClF3NO3S/c1-24-11-2-3-12-9(4-15(23)25-14(12)6-11)8-26-16-13(18)5-10(7-22-16)17(19,20)21/h2-7H,8H2,1H3. The van der Waals surface area contributed by atoms with Gasteiger partial charge in [0, 0.05) is 29.5 Å². The molecule has 3 rings (SSSR count). The number of halogens is 4. The molecule has 0 aliphatic rings. The van der Waals surface area contributed by atoms with Crippen molar-refractivity contribution in [2.75, 3.05) is 7.11 Å². The molecule has 0 unspecified atom stereocenters. The third kappa shape index (κ3) is 3.96. The van der Waals surface area contributed by atoms with Crippen LogP contribution < -0.4 is 10.4 Å². The van der Waals surface area contributed by atoms with E-state index in [9.17, 15) is 18.0 Å². The van der Waals surface area contributed by atoms with E-state index in [0.29, 0.717) is 22.3 Å². The van der Waals surface area contributed by atoms with Crippen molar-refractivity contribution in [2.45, 2.75) is 17.0 Å². The van der Waals surface area contributed by atoms with Crippen molar-refractivity contribution in [2.24, 2.45) is 0 Å². The molecular formula is C17H11ClF3NO3S. The first kappa shape index (κ1) is 18.6. The van der Waals surface area contributed by atoms with Crippen LogP contribution in [-0.4, -0.2) is 12.1 Å². The molecule has 0 amide bonds. The summed E-state index contributed by atoms with van der Waals surface area (Å²) in [6, 6.07) is 7.22. The van der Waals surface area contributed by atoms with Crippen LogP contribution in [0.4, 0.5) is 13.2 Å². The van der Waals surface area contributed by atoms with Gasteiger partial charge in [0.25, 0.3) is 0 Å². The number of pyridine rings is 1. The van der Waals surface area contributed by atoms with Crippen LogP contribution in [0.3, 0.4) is 0 Å². The number of hydrogen-bond donors (Lipinski definition) is 0. The number of hydrogen-bond acceptors (Lipinski definition) is 5. The van der Waals surface area contributed by atoms with Gasteiger partial charge in [-0.3, -0.25) is 0 Å². The van der Waals surface area contributed by atoms with Crippen LogP contribution in [0.15, 0.2) is 50.8 Å². The van der Waals surface area contributed by atoms with Crippen molar-refractivity contribution in [3.8, 4) is 5.75 Å². The highest BCUT2D eigenvalue weighted by Crippen LogP contribution is 2.35. The second-order valence-corrected chi connectivity index (χ2v) is 6.62. The van der Waals surface area contributed by atoms with Crippen LogP contribution in [0, 0.1) is 0 Å². The van der Waals surface area contributed by atoms with Gasteiger partial charge in [-0.25, -0.2) is 9.78 Å². The first-order valence-electron chi connectivity index (χ1n) is 7.24. The van der Waals surface area contributed by atoms with Crippen molar-refractivity contribution >= 4 is 34.3 Å². The molecule has 0 saturated carbocycles. The second kappa shape index (κ2) is 7.20. The lowest BCUT2D eigenvalue weighted by Crippen LogP contribution is -2.05. The highest BCUT2D eigenvalue weighted by molar-refractivity contribution is 7.98. The summed E-state index contributed by atoms with van der Waals surface area (Å²) in [6.07, 6.45) is -3.77. The minimum atomic E-state index is -4.51. The predicted octanol–water partition coefficient (Wildman–Crippen LogP) is 5.16. The quantitative estimate of drug-likeness (QED) is 0.446. The largest absolute Gasteiger partial charge is 0.497 e. The monoisotopic (exact) mass is 401 g/mol. The molecule has 9 heteroatoms. The van der Waals surface area contributed by atoms with Gasteiger partial charge in [-0.05, 0) is 23.8 Å². The maximum Gasteiger partial charge on any atom is 0.417 e. The van der Waals surface area contributed by atoms with E-state index < -0.39 is 17.4 Å². The fourth-order valence-electron chi connectivity index (χ4n) is 2.29. The summed E-state index contributed by atoms with van der Waals surface area (Å²) < 4.78 is 48.3. The Kier molecular flexibility index (Phi) is 5.15. The average molecular weight is 402 g/mol. The lowest BCUT2D eigenvalue weighted by atomic mass is 10.1. The summed E-state index contributed by atoms with van der Waals surface area (Å²) >= 11 is 7.04. The van der Waals surface area contributed by atoms with Gasteiger partial charge < -0.3 is 9.15 Å². The first-order chi connectivity index (χ1) is 12.3. The number of rotatable bonds is 4. The Labute approximate surface area is 154 Å². The zero-order valence-corrected chi connectivity index (χ0v) is 14.8. The molecule has 4 nitrogen and oxygen atoms in total. The second-order valence-electron chi connectivity index (χ2n) is 5.25. The molecule has 0 fully saturated rings. The normalized spacial score (nSPS) is 11.7. The van der Waals surface area contributed by atoms with Crippen LogP contribution in [-0.2, 0) is 11.9 Å². The smallest absolute Gasteiger partial charge is 0.417 e. The Hall–Kier alpha value is -2.19. The SMILES string of the molecule is COc1ccc2c(CSc3ncc(C(F)(F)F)cc3Cl)cc(=O)oc2c1. The van der Waals surface area contributed by atoms with Gasteiger partial charge in [0.2, 0.25) is 0 Å². The van der Waals surface area contributed by atoms with E-state index in [1.165, 1.54) is 13.2 Å². The number of methoxy groups -OCH3 is 1. The molecule has 0 atom stereocenters. The van der Waals surface area contributed by atoms with Crippen LogP contribution in [0.2, 0.25) is 5.02 Å². The molecule has 2 heterocycles. The summed E-state index contributed by atoms with van der Waals surface area (Å²) in [4.78, 5) is 15.5. The number of alkyl halides is 3. The fraction of sp³-hybridized carbons (Fsp3) is 0.176. The van der Waals surface area contributed by atoms with Gasteiger partial charge in [-0.1, -0.05) is 11.6 Å². The molecule has 0 bridgehead atoms. The first-order valence-corrected chi connectivity index (χ1v) is 8.60. The number of fused-ring (bicyclic) bond motifs is 1. The molecule has 0 N–H and O–H groups in total. The maximum absolute atomic E-state index is 12.7. The Morgan fingerprint density at radius 3 is 2.69 bits per heavy atom. The molecule has 26 heavy (non-hydrogen) atoms. The van der Waals surface area contributed by atoms with Gasteiger partial charge in [0.05, 0.1) is 17.7 Å². The van der Waals surface area contributed by atoms with E-state index in [1.54, 1.807) is 18.2 Å². The molecule has 0 aliphatic heterocycles. The number of nitrogens with zero attached hydrogens (tertiary/aromatic N) is 1. The predicted molar refractivity (Wildman–Crippen MR) is 92.8 cm³/mol. The Balaban J connectivity index is 1.89. The van der Waals surface area contributed by atoms with Gasteiger partial charge in [-0.2, -0.15) is 13.2 Å². The van der Waals surface area contributed by atoms with Crippen molar-refractivity contribution in [1.29, 1.82) is 0 Å². The van der Waals surface area contributed by atoms with E-state index in [4.69, 9.17) is 20.8 Å². The summed E-state index contributed by atoms with van der Waals surface area (Å²) in [5, 5.41) is 0.842. The number of thioether (sulfide) groups is 1. The van der Waals surface area contributed by atoms with Gasteiger partial charge in [0.1, 0.15) is 16.4 Å². The third-order valence-corrected chi connectivity index (χ3v) is 4.99. The van der Waals surface area contributed by atoms with E-state index in [1.807, 2.05) is 0 Å². The average Bonchev–Trinajstić information content (AvgIpc) is 2.58. The van der Waals surface area contributed by atoms with Crippen molar-refractivity contribution < 1.29 is 22.3 Å². The van der Waals surface area contributed by atoms with Gasteiger partial charge in [-0.15, -0.1) is 11.8 Å². The van der Waals surface area contributed by atoms with Crippen LogP contribution in [0.5, 0.6) is 5.75 Å². The van der Waals surface area contributed by atoms with Gasteiger partial charge in [0.15, 0.2) is 0 Å². The number of benzene rings is 1. The van der Waals surface area contributed by atoms with Gasteiger partial charge >= 0.3 is 11.8 Å². The topological polar surface area (TPSA) is 52.3 Å². The molecule has 2 aromatic heterocycles. The summed E-state index contributed by atoms with van der Waals surface area (Å²) in [5.74, 6) is 0.824. The minimum Gasteiger partial charge on any atom is -0.497 e. The van der Waals surface area contributed by atoms with Crippen LogP contribution >= 0.6 is 23.4 Å². The summed E-state index contributed by atoms with van der Waals surface area (Å²) in [6.45, 7) is 0. The van der Waals surface area contributed by atoms with E-state index in [0.717, 1.165) is 24.0 Å². The molecule has 0 aliphatic carbocycles. The Morgan fingerprint density at radius 1 is 1.27 bits per heavy atom. The summed E-state index contributed by atoms with van der Waals surface area (Å²) in [5.41, 5.74) is -0.432. The third-order valence-electron chi connectivity index (χ3n) is 3.54. The maximum atomic E-state index is 12.7. The minimum absolute atomic E-state index is 0.0984. The number of aromatic nitrogens is 1. The summed E-state index contributed by atoms with van der Waals surface area (Å²) in [7, 11) is 1.50. The van der Waals surface area contributed by atoms with Crippen LogP contribution in [0.25, 0.3) is 11.0 Å². The molecule has 1 aromatic carbocycles. The lowest BCUT2D eigenvalue weighted by Gasteiger charge is -2.10. The molecule has 0 radical (unpaired) electrons. The molecule has 0 spiro atoms. The van der Waals surface area contributed by atoms with E-state index >= 15 is 0 Å². The van der Waals surface area contributed by atoms with Crippen molar-refractivity contribution in [1.82, 2.24) is 4.98 Å². The molecule has 0 saturated heterocycles. The molecule has 3 aromatic rings. The highest BCUT2D eigenvalue weighted by atomic mass is 35.5. The van der Waals surface area contributed by atoms with Crippen LogP contribution in [0.1, 0.15) is 11.1 Å². The van der Waals surface area contributed by atoms with Crippen molar-refractivity contribution in [3.63, 3.8) is 0 Å². The highest BCUT2D eigenvalue weighted by Gasteiger charge is 2.31. The zero-order chi connectivity index (χ0) is 18.9. The van der Waals surface area contributed by atoms with Crippen molar-refractivity contribution in [3.05, 3.63) is 63.1 Å². The lowest BCUT2D eigenvalue weighted by molar-refractivity contribution is -0.137. The zero-order valence-electron chi connectivity index (χ0n) is 13.3. The van der Waals surface area contributed by atoms with E-state index in [-0.39, 0.29) is 15.8 Å². The number of ether oxygens (including phenoxy) is 1. The Morgan fingerprint density at radius 2 is 2.04 bits per heavy atom. The molecular weight excluding hydrogens is 391 g/mol. The molecule has 136 valence electrons. The Bertz CT molecular complexity index is 1020. The fourth-order valence-corrected chi connectivity index (χ4v) is 3.47.